The van der Waals surface area contributed by atoms with Gasteiger partial charge in [-0.25, -0.2) is 8.42 Å². The van der Waals surface area contributed by atoms with Gasteiger partial charge in [0.05, 0.1) is 10.1 Å². The van der Waals surface area contributed by atoms with E-state index in [9.17, 15) is 17.2 Å². The SMILES string of the molecule is O=S(=O)(c1ccc(-c2ccsc2)cc1)C1CCN(Cc2ccccc2OC(F)F)CC1. The van der Waals surface area contributed by atoms with Crippen LogP contribution in [0.25, 0.3) is 11.1 Å². The summed E-state index contributed by atoms with van der Waals surface area (Å²) < 4.78 is 56.1. The highest BCUT2D eigenvalue weighted by Gasteiger charge is 2.31. The predicted octanol–water partition coefficient (Wildman–Crippen LogP) is 5.45. The first-order valence-electron chi connectivity index (χ1n) is 10.0. The Balaban J connectivity index is 1.39. The molecule has 0 aliphatic carbocycles. The average molecular weight is 464 g/mol. The van der Waals surface area contributed by atoms with Gasteiger partial charge in [0.15, 0.2) is 9.84 Å². The summed E-state index contributed by atoms with van der Waals surface area (Å²) >= 11 is 1.60. The molecule has 2 heterocycles. The molecule has 0 unspecified atom stereocenters. The lowest BCUT2D eigenvalue weighted by atomic mass is 10.1. The van der Waals surface area contributed by atoms with Crippen molar-refractivity contribution in [2.45, 2.75) is 36.1 Å². The third-order valence-corrected chi connectivity index (χ3v) is 8.55. The molecule has 1 aliphatic rings. The second-order valence-electron chi connectivity index (χ2n) is 7.54. The van der Waals surface area contributed by atoms with Crippen molar-refractivity contribution in [2.24, 2.45) is 0 Å². The Labute approximate surface area is 185 Å². The second-order valence-corrected chi connectivity index (χ2v) is 10.6. The molecular formula is C23H23F2NO3S2. The fourth-order valence-electron chi connectivity index (χ4n) is 3.92. The summed E-state index contributed by atoms with van der Waals surface area (Å²) in [6.07, 6.45) is 1.01. The predicted molar refractivity (Wildman–Crippen MR) is 118 cm³/mol. The maximum Gasteiger partial charge on any atom is 0.387 e. The van der Waals surface area contributed by atoms with Crippen LogP contribution in [0.1, 0.15) is 18.4 Å². The Morgan fingerprint density at radius 1 is 1.00 bits per heavy atom. The number of alkyl halides is 2. The molecule has 1 aromatic heterocycles. The maximum absolute atomic E-state index is 13.1. The van der Waals surface area contributed by atoms with Gasteiger partial charge < -0.3 is 4.74 Å². The van der Waals surface area contributed by atoms with Gasteiger partial charge in [-0.3, -0.25) is 4.90 Å². The molecule has 1 aliphatic heterocycles. The van der Waals surface area contributed by atoms with Crippen LogP contribution >= 0.6 is 11.3 Å². The van der Waals surface area contributed by atoms with E-state index < -0.39 is 21.7 Å². The number of nitrogens with zero attached hydrogens (tertiary/aromatic N) is 1. The number of piperidine rings is 1. The van der Waals surface area contributed by atoms with Crippen LogP contribution in [0.2, 0.25) is 0 Å². The molecular weight excluding hydrogens is 440 g/mol. The number of hydrogen-bond acceptors (Lipinski definition) is 5. The van der Waals surface area contributed by atoms with E-state index in [1.165, 1.54) is 6.07 Å². The van der Waals surface area contributed by atoms with Gasteiger partial charge in [0.1, 0.15) is 5.75 Å². The molecule has 0 bridgehead atoms. The van der Waals surface area contributed by atoms with Crippen molar-refractivity contribution in [3.63, 3.8) is 0 Å². The third-order valence-electron chi connectivity index (χ3n) is 5.59. The molecule has 0 atom stereocenters. The minimum Gasteiger partial charge on any atom is -0.434 e. The van der Waals surface area contributed by atoms with E-state index in [0.717, 1.165) is 11.1 Å². The summed E-state index contributed by atoms with van der Waals surface area (Å²) in [5.41, 5.74) is 2.76. The number of para-hydroxylation sites is 1. The number of sulfone groups is 1. The minimum atomic E-state index is -3.42. The first kappa shape index (κ1) is 21.9. The smallest absolute Gasteiger partial charge is 0.387 e. The van der Waals surface area contributed by atoms with E-state index in [0.29, 0.717) is 42.9 Å². The summed E-state index contributed by atoms with van der Waals surface area (Å²) in [4.78, 5) is 2.43. The monoisotopic (exact) mass is 463 g/mol. The number of hydrogen-bond donors (Lipinski definition) is 0. The molecule has 2 aromatic carbocycles. The van der Waals surface area contributed by atoms with Gasteiger partial charge >= 0.3 is 6.61 Å². The highest BCUT2D eigenvalue weighted by Crippen LogP contribution is 2.29. The topological polar surface area (TPSA) is 46.6 Å². The van der Waals surface area contributed by atoms with Crippen molar-refractivity contribution in [1.82, 2.24) is 4.90 Å². The fourth-order valence-corrected chi connectivity index (χ4v) is 6.32. The van der Waals surface area contributed by atoms with Crippen molar-refractivity contribution < 1.29 is 21.9 Å². The van der Waals surface area contributed by atoms with Gasteiger partial charge in [0.2, 0.25) is 0 Å². The second kappa shape index (κ2) is 9.46. The number of benzene rings is 2. The average Bonchev–Trinajstić information content (AvgIpc) is 3.30. The molecule has 4 rings (SSSR count). The van der Waals surface area contributed by atoms with E-state index in [4.69, 9.17) is 0 Å². The van der Waals surface area contributed by atoms with E-state index in [2.05, 4.69) is 9.64 Å². The fraction of sp³-hybridized carbons (Fsp3) is 0.304. The van der Waals surface area contributed by atoms with Crippen LogP contribution in [-0.4, -0.2) is 38.3 Å². The maximum atomic E-state index is 13.1. The lowest BCUT2D eigenvalue weighted by Crippen LogP contribution is -2.39. The molecule has 0 N–H and O–H groups in total. The van der Waals surface area contributed by atoms with E-state index in [-0.39, 0.29) is 5.75 Å². The summed E-state index contributed by atoms with van der Waals surface area (Å²) in [6.45, 7) is -1.26. The Morgan fingerprint density at radius 3 is 2.35 bits per heavy atom. The van der Waals surface area contributed by atoms with Gasteiger partial charge in [0, 0.05) is 12.1 Å². The minimum absolute atomic E-state index is 0.165. The molecule has 0 radical (unpaired) electrons. The summed E-state index contributed by atoms with van der Waals surface area (Å²) in [5.74, 6) is 0.165. The van der Waals surface area contributed by atoms with Crippen LogP contribution in [-0.2, 0) is 16.4 Å². The molecule has 0 amide bonds. The molecule has 0 spiro atoms. The molecule has 1 fully saturated rings. The molecule has 31 heavy (non-hydrogen) atoms. The van der Waals surface area contributed by atoms with Crippen LogP contribution in [0.5, 0.6) is 5.75 Å². The zero-order valence-corrected chi connectivity index (χ0v) is 18.4. The highest BCUT2D eigenvalue weighted by molar-refractivity contribution is 7.92. The van der Waals surface area contributed by atoms with Crippen LogP contribution < -0.4 is 4.74 Å². The molecule has 3 aromatic rings. The van der Waals surface area contributed by atoms with Gasteiger partial charge in [-0.1, -0.05) is 30.3 Å². The third kappa shape index (κ3) is 5.14. The highest BCUT2D eigenvalue weighted by atomic mass is 32.2. The van der Waals surface area contributed by atoms with E-state index in [1.807, 2.05) is 29.0 Å². The summed E-state index contributed by atoms with van der Waals surface area (Å²) in [6, 6.07) is 15.8. The molecule has 0 saturated carbocycles. The van der Waals surface area contributed by atoms with Crippen molar-refractivity contribution in [3.8, 4) is 16.9 Å². The van der Waals surface area contributed by atoms with Crippen molar-refractivity contribution in [1.29, 1.82) is 0 Å². The van der Waals surface area contributed by atoms with Crippen LogP contribution in [0, 0.1) is 0 Å². The molecule has 8 heteroatoms. The Morgan fingerprint density at radius 2 is 1.71 bits per heavy atom. The number of halogens is 2. The summed E-state index contributed by atoms with van der Waals surface area (Å²) in [7, 11) is -3.42. The quantitative estimate of drug-likeness (QED) is 0.467. The van der Waals surface area contributed by atoms with Crippen LogP contribution in [0.4, 0.5) is 8.78 Å². The van der Waals surface area contributed by atoms with Crippen molar-refractivity contribution in [3.05, 3.63) is 70.9 Å². The molecule has 1 saturated heterocycles. The van der Waals surface area contributed by atoms with Gasteiger partial charge in [-0.05, 0) is 72.1 Å². The summed E-state index contributed by atoms with van der Waals surface area (Å²) in [5, 5.41) is 3.58. The number of thiophene rings is 1. The Kier molecular flexibility index (Phi) is 6.69. The van der Waals surface area contributed by atoms with Gasteiger partial charge in [0.25, 0.3) is 0 Å². The van der Waals surface area contributed by atoms with E-state index in [1.54, 1.807) is 41.7 Å². The Hall–Kier alpha value is -2.29. The van der Waals surface area contributed by atoms with Gasteiger partial charge in [-0.2, -0.15) is 20.1 Å². The van der Waals surface area contributed by atoms with Gasteiger partial charge in [-0.15, -0.1) is 0 Å². The molecule has 164 valence electrons. The standard InChI is InChI=1S/C23H23F2NO3S2/c24-23(25)29-22-4-2-1-3-18(22)15-26-12-9-21(10-13-26)31(27,28)20-7-5-17(6-8-20)19-11-14-30-16-19/h1-8,11,14,16,21,23H,9-10,12-13,15H2. The molecule has 4 nitrogen and oxygen atoms in total. The number of ether oxygens (including phenoxy) is 1. The van der Waals surface area contributed by atoms with Crippen molar-refractivity contribution >= 4 is 21.2 Å². The first-order chi connectivity index (χ1) is 14.9. The Bertz CT molecular complexity index is 1090. The van der Waals surface area contributed by atoms with Crippen LogP contribution in [0.15, 0.2) is 70.3 Å². The lowest BCUT2D eigenvalue weighted by Gasteiger charge is -2.32. The van der Waals surface area contributed by atoms with Crippen molar-refractivity contribution in [2.75, 3.05) is 13.1 Å². The lowest BCUT2D eigenvalue weighted by molar-refractivity contribution is -0.0508. The van der Waals surface area contributed by atoms with Crippen LogP contribution in [0.3, 0.4) is 0 Å². The largest absolute Gasteiger partial charge is 0.434 e. The zero-order chi connectivity index (χ0) is 21.8. The first-order valence-corrected chi connectivity index (χ1v) is 12.5. The number of likely N-dealkylation sites (tertiary alicyclic amines) is 1. The number of rotatable bonds is 7. The van der Waals surface area contributed by atoms with E-state index >= 15 is 0 Å². The zero-order valence-electron chi connectivity index (χ0n) is 16.8. The normalized spacial score (nSPS) is 16.0.